The van der Waals surface area contributed by atoms with Gasteiger partial charge in [0.05, 0.1) is 20.4 Å². The van der Waals surface area contributed by atoms with Gasteiger partial charge in [0.1, 0.15) is 0 Å². The van der Waals surface area contributed by atoms with Gasteiger partial charge < -0.3 is 0 Å². The molecule has 0 fully saturated rings. The lowest BCUT2D eigenvalue weighted by Gasteiger charge is -2.08. The molecule has 0 aliphatic heterocycles. The van der Waals surface area contributed by atoms with Crippen LogP contribution in [-0.2, 0) is 19.9 Å². The summed E-state index contributed by atoms with van der Waals surface area (Å²) in [4.78, 5) is 9.89. The second-order valence-electron chi connectivity index (χ2n) is 4.66. The third-order valence-corrected chi connectivity index (χ3v) is 5.40. The molecule has 0 atom stereocenters. The summed E-state index contributed by atoms with van der Waals surface area (Å²) in [5.74, 6) is 0. The zero-order valence-corrected chi connectivity index (χ0v) is 13.5. The second kappa shape index (κ2) is 5.97. The molecule has 0 spiro atoms. The highest BCUT2D eigenvalue weighted by atomic mass is 32.2. The van der Waals surface area contributed by atoms with Gasteiger partial charge in [-0.25, -0.2) is 16.8 Å². The van der Waals surface area contributed by atoms with E-state index in [0.29, 0.717) is 0 Å². The van der Waals surface area contributed by atoms with E-state index >= 15 is 0 Å². The maximum atomic E-state index is 12.2. The summed E-state index contributed by atoms with van der Waals surface area (Å²) in [6, 6.07) is 9.69. The van der Waals surface area contributed by atoms with Crippen molar-refractivity contribution in [3.05, 3.63) is 58.6 Å². The Hall–Kier alpha value is -2.46. The average molecular weight is 356 g/mol. The highest BCUT2D eigenvalue weighted by Gasteiger charge is 2.17. The highest BCUT2D eigenvalue weighted by molar-refractivity contribution is 7.92. The Bertz CT molecular complexity index is 950. The van der Waals surface area contributed by atoms with Gasteiger partial charge in [-0.05, 0) is 30.3 Å². The van der Waals surface area contributed by atoms with E-state index in [9.17, 15) is 26.9 Å². The van der Waals surface area contributed by atoms with Crippen LogP contribution in [0.4, 0.5) is 11.4 Å². The Kier molecular flexibility index (Phi) is 4.39. The summed E-state index contributed by atoms with van der Waals surface area (Å²) in [6.07, 6.45) is 1.01. The molecule has 0 aliphatic carbocycles. The smallest absolute Gasteiger partial charge is 0.271 e. The van der Waals surface area contributed by atoms with Crippen molar-refractivity contribution in [1.29, 1.82) is 0 Å². The Morgan fingerprint density at radius 2 is 1.52 bits per heavy atom. The molecule has 2 rings (SSSR count). The Balaban J connectivity index is 2.32. The molecule has 10 heteroatoms. The van der Waals surface area contributed by atoms with E-state index in [1.165, 1.54) is 30.3 Å². The first-order valence-electron chi connectivity index (χ1n) is 6.17. The number of nitrogens with zero attached hydrogens (tertiary/aromatic N) is 1. The van der Waals surface area contributed by atoms with E-state index in [2.05, 4.69) is 4.72 Å². The lowest BCUT2D eigenvalue weighted by atomic mass is 10.3. The fourth-order valence-corrected chi connectivity index (χ4v) is 3.44. The van der Waals surface area contributed by atoms with E-state index in [1.807, 2.05) is 0 Å². The molecule has 2 aromatic carbocycles. The number of sulfone groups is 1. The number of hydrogen-bond acceptors (Lipinski definition) is 6. The Morgan fingerprint density at radius 3 is 2.04 bits per heavy atom. The van der Waals surface area contributed by atoms with Crippen LogP contribution in [0.1, 0.15) is 0 Å². The quantitative estimate of drug-likeness (QED) is 0.643. The predicted octanol–water partition coefficient (Wildman–Crippen LogP) is 1.80. The number of rotatable bonds is 5. The number of anilines is 1. The van der Waals surface area contributed by atoms with Crippen molar-refractivity contribution in [3.63, 3.8) is 0 Å². The number of nitrogens with one attached hydrogen (secondary N) is 1. The monoisotopic (exact) mass is 356 g/mol. The average Bonchev–Trinajstić information content (AvgIpc) is 2.46. The zero-order chi connectivity index (χ0) is 17.3. The van der Waals surface area contributed by atoms with Crippen LogP contribution in [0.5, 0.6) is 0 Å². The van der Waals surface area contributed by atoms with E-state index in [1.54, 1.807) is 0 Å². The number of nitro benzene ring substituents is 1. The number of hydrogen-bond donors (Lipinski definition) is 1. The van der Waals surface area contributed by atoms with Crippen LogP contribution in [0.25, 0.3) is 0 Å². The van der Waals surface area contributed by atoms with Crippen LogP contribution >= 0.6 is 0 Å². The number of nitro groups is 1. The maximum absolute atomic E-state index is 12.2. The highest BCUT2D eigenvalue weighted by Crippen LogP contribution is 2.21. The van der Waals surface area contributed by atoms with Gasteiger partial charge in [0.15, 0.2) is 9.84 Å². The minimum absolute atomic E-state index is 0.00759. The van der Waals surface area contributed by atoms with Crippen molar-refractivity contribution in [1.82, 2.24) is 0 Å². The molecular formula is C13H12N2O6S2. The van der Waals surface area contributed by atoms with Crippen LogP contribution in [0.2, 0.25) is 0 Å². The molecule has 0 bridgehead atoms. The SMILES string of the molecule is CS(=O)(=O)c1ccc(S(=O)(=O)Nc2cccc([N+](=O)[O-])c2)cc1. The van der Waals surface area contributed by atoms with Crippen LogP contribution in [0.3, 0.4) is 0 Å². The van der Waals surface area contributed by atoms with Gasteiger partial charge in [0.2, 0.25) is 0 Å². The fraction of sp³-hybridized carbons (Fsp3) is 0.0769. The standard InChI is InChI=1S/C13H12N2O6S2/c1-22(18,19)12-5-7-13(8-6-12)23(20,21)14-10-3-2-4-11(9-10)15(16)17/h2-9,14H,1H3. The molecule has 1 N–H and O–H groups in total. The number of non-ortho nitro benzene ring substituents is 1. The van der Waals surface area contributed by atoms with Crippen molar-refractivity contribution in [3.8, 4) is 0 Å². The third kappa shape index (κ3) is 4.05. The molecule has 0 aromatic heterocycles. The van der Waals surface area contributed by atoms with Crippen molar-refractivity contribution < 1.29 is 21.8 Å². The Morgan fingerprint density at radius 1 is 0.957 bits per heavy atom. The first-order valence-corrected chi connectivity index (χ1v) is 9.54. The normalized spacial score (nSPS) is 11.9. The second-order valence-corrected chi connectivity index (χ2v) is 8.35. The van der Waals surface area contributed by atoms with E-state index in [-0.39, 0.29) is 21.2 Å². The van der Waals surface area contributed by atoms with Gasteiger partial charge in [0.25, 0.3) is 15.7 Å². The summed E-state index contributed by atoms with van der Waals surface area (Å²) >= 11 is 0. The molecule has 0 heterocycles. The Labute approximate surface area is 132 Å². The molecule has 0 aliphatic rings. The number of benzene rings is 2. The fourth-order valence-electron chi connectivity index (χ4n) is 1.76. The molecular weight excluding hydrogens is 344 g/mol. The summed E-state index contributed by atoms with van der Waals surface area (Å²) in [5.41, 5.74) is -0.219. The number of sulfonamides is 1. The molecule has 2 aromatic rings. The summed E-state index contributed by atoms with van der Waals surface area (Å²) < 4.78 is 49.3. The summed E-state index contributed by atoms with van der Waals surface area (Å²) in [5, 5.41) is 10.7. The van der Waals surface area contributed by atoms with Gasteiger partial charge in [-0.1, -0.05) is 6.07 Å². The molecule has 0 saturated carbocycles. The van der Waals surface area contributed by atoms with Crippen LogP contribution in [-0.4, -0.2) is 28.0 Å². The van der Waals surface area contributed by atoms with Crippen molar-refractivity contribution in [2.45, 2.75) is 9.79 Å². The molecule has 8 nitrogen and oxygen atoms in total. The van der Waals surface area contributed by atoms with Crippen molar-refractivity contribution >= 4 is 31.2 Å². The van der Waals surface area contributed by atoms with Gasteiger partial charge in [-0.3, -0.25) is 14.8 Å². The van der Waals surface area contributed by atoms with E-state index in [0.717, 1.165) is 24.5 Å². The lowest BCUT2D eigenvalue weighted by Crippen LogP contribution is -2.13. The van der Waals surface area contributed by atoms with E-state index < -0.39 is 24.8 Å². The first kappa shape index (κ1) is 16.9. The van der Waals surface area contributed by atoms with Crippen molar-refractivity contribution in [2.24, 2.45) is 0 Å². The molecule has 0 unspecified atom stereocenters. The largest absolute Gasteiger partial charge is 0.279 e. The summed E-state index contributed by atoms with van der Waals surface area (Å²) in [6.45, 7) is 0. The molecule has 0 radical (unpaired) electrons. The van der Waals surface area contributed by atoms with Gasteiger partial charge >= 0.3 is 0 Å². The minimum atomic E-state index is -3.99. The minimum Gasteiger partial charge on any atom is -0.279 e. The maximum Gasteiger partial charge on any atom is 0.271 e. The molecule has 122 valence electrons. The molecule has 0 amide bonds. The van der Waals surface area contributed by atoms with Crippen molar-refractivity contribution in [2.75, 3.05) is 11.0 Å². The molecule has 23 heavy (non-hydrogen) atoms. The third-order valence-electron chi connectivity index (χ3n) is 2.87. The first-order chi connectivity index (χ1) is 10.6. The topological polar surface area (TPSA) is 123 Å². The molecule has 0 saturated heterocycles. The van der Waals surface area contributed by atoms with Gasteiger partial charge in [-0.15, -0.1) is 0 Å². The lowest BCUT2D eigenvalue weighted by molar-refractivity contribution is -0.384. The predicted molar refractivity (Wildman–Crippen MR) is 83.5 cm³/mol. The van der Waals surface area contributed by atoms with E-state index in [4.69, 9.17) is 0 Å². The zero-order valence-electron chi connectivity index (χ0n) is 11.8. The van der Waals surface area contributed by atoms with Gasteiger partial charge in [-0.2, -0.15) is 0 Å². The van der Waals surface area contributed by atoms with Crippen LogP contribution in [0, 0.1) is 10.1 Å². The van der Waals surface area contributed by atoms with Crippen LogP contribution < -0.4 is 4.72 Å². The van der Waals surface area contributed by atoms with Gasteiger partial charge in [0, 0.05) is 18.4 Å². The summed E-state index contributed by atoms with van der Waals surface area (Å²) in [7, 11) is -7.41. The van der Waals surface area contributed by atoms with Crippen LogP contribution in [0.15, 0.2) is 58.3 Å².